The van der Waals surface area contributed by atoms with E-state index in [1.807, 2.05) is 37.3 Å². The van der Waals surface area contributed by atoms with Gasteiger partial charge in [-0.3, -0.25) is 0 Å². The molecular weight excluding hydrogens is 278 g/mol. The van der Waals surface area contributed by atoms with Gasteiger partial charge in [0.15, 0.2) is 0 Å². The molecule has 0 spiro atoms. The third kappa shape index (κ3) is 2.25. The van der Waals surface area contributed by atoms with Gasteiger partial charge in [0, 0.05) is 0 Å². The number of fused-ring (bicyclic) bond motifs is 1. The van der Waals surface area contributed by atoms with Gasteiger partial charge in [-0.05, 0) is 36.8 Å². The predicted octanol–water partition coefficient (Wildman–Crippen LogP) is 4.58. The number of benzene rings is 2. The zero-order valence-corrected chi connectivity index (χ0v) is 11.8. The number of aryl methyl sites for hydroxylation is 1. The number of halogens is 1. The Morgan fingerprint density at radius 1 is 1.21 bits per heavy atom. The molecule has 1 heterocycles. The summed E-state index contributed by atoms with van der Waals surface area (Å²) in [7, 11) is 0. The van der Waals surface area contributed by atoms with Gasteiger partial charge in [-0.2, -0.15) is 0 Å². The molecule has 0 unspecified atom stereocenters. The van der Waals surface area contributed by atoms with Crippen LogP contribution in [0.2, 0.25) is 5.02 Å². The molecule has 0 saturated heterocycles. The number of thiazole rings is 1. The molecule has 0 bridgehead atoms. The summed E-state index contributed by atoms with van der Waals surface area (Å²) in [6.45, 7) is 2.01. The van der Waals surface area contributed by atoms with Crippen LogP contribution in [-0.2, 0) is 0 Å². The average molecular weight is 290 g/mol. The van der Waals surface area contributed by atoms with Gasteiger partial charge in [0.1, 0.15) is 5.52 Å². The van der Waals surface area contributed by atoms with E-state index in [-0.39, 0.29) is 0 Å². The molecule has 0 atom stereocenters. The predicted molar refractivity (Wildman–Crippen MR) is 83.5 cm³/mol. The van der Waals surface area contributed by atoms with Crippen molar-refractivity contribution in [1.82, 2.24) is 4.98 Å². The quantitative estimate of drug-likeness (QED) is 0.679. The number of nitrogens with zero attached hydrogens (tertiary/aromatic N) is 1. The molecule has 2 aromatic carbocycles. The van der Waals surface area contributed by atoms with Crippen LogP contribution in [0, 0.1) is 6.92 Å². The lowest BCUT2D eigenvalue weighted by molar-refractivity contribution is 1.45. The number of hydrogen-bond acceptors (Lipinski definition) is 4. The number of nitrogen functional groups attached to an aromatic ring is 1. The van der Waals surface area contributed by atoms with Crippen LogP contribution in [0.5, 0.6) is 0 Å². The number of anilines is 3. The van der Waals surface area contributed by atoms with Gasteiger partial charge in [-0.25, -0.2) is 4.98 Å². The summed E-state index contributed by atoms with van der Waals surface area (Å²) < 4.78 is 1.08. The van der Waals surface area contributed by atoms with Crippen molar-refractivity contribution in [2.75, 3.05) is 11.1 Å². The Labute approximate surface area is 120 Å². The van der Waals surface area contributed by atoms with E-state index in [2.05, 4.69) is 10.3 Å². The molecule has 5 heteroatoms. The molecule has 0 aliphatic carbocycles. The Hall–Kier alpha value is -1.78. The van der Waals surface area contributed by atoms with Crippen molar-refractivity contribution in [2.45, 2.75) is 6.92 Å². The molecule has 0 aliphatic heterocycles. The van der Waals surface area contributed by atoms with Crippen LogP contribution in [0.15, 0.2) is 35.8 Å². The molecule has 0 amide bonds. The SMILES string of the molecule is Cc1ccc(Nc2ccc3scnc3c2N)c(Cl)c1. The average Bonchev–Trinajstić information content (AvgIpc) is 2.85. The Morgan fingerprint density at radius 3 is 2.79 bits per heavy atom. The molecule has 3 nitrogen and oxygen atoms in total. The van der Waals surface area contributed by atoms with Crippen LogP contribution in [0.25, 0.3) is 10.2 Å². The summed E-state index contributed by atoms with van der Waals surface area (Å²) in [5.74, 6) is 0. The number of nitrogens with two attached hydrogens (primary N) is 1. The molecule has 0 radical (unpaired) electrons. The molecule has 3 N–H and O–H groups in total. The third-order valence-electron chi connectivity index (χ3n) is 2.94. The molecule has 0 fully saturated rings. The summed E-state index contributed by atoms with van der Waals surface area (Å²) in [5.41, 5.74) is 12.2. The zero-order chi connectivity index (χ0) is 13.4. The van der Waals surface area contributed by atoms with Crippen LogP contribution in [-0.4, -0.2) is 4.98 Å². The fraction of sp³-hybridized carbons (Fsp3) is 0.0714. The smallest absolute Gasteiger partial charge is 0.106 e. The second-order valence-electron chi connectivity index (χ2n) is 4.33. The van der Waals surface area contributed by atoms with E-state index in [9.17, 15) is 0 Å². The first-order valence-corrected chi connectivity index (χ1v) is 7.06. The van der Waals surface area contributed by atoms with Crippen LogP contribution in [0.1, 0.15) is 5.56 Å². The maximum Gasteiger partial charge on any atom is 0.106 e. The molecule has 0 aliphatic rings. The summed E-state index contributed by atoms with van der Waals surface area (Å²) in [5, 5.41) is 3.94. The highest BCUT2D eigenvalue weighted by Gasteiger charge is 2.08. The molecule has 3 aromatic rings. The van der Waals surface area contributed by atoms with E-state index >= 15 is 0 Å². The lowest BCUT2D eigenvalue weighted by Gasteiger charge is -2.11. The first kappa shape index (κ1) is 12.3. The van der Waals surface area contributed by atoms with Crippen molar-refractivity contribution in [3.63, 3.8) is 0 Å². The van der Waals surface area contributed by atoms with Gasteiger partial charge in [-0.1, -0.05) is 17.7 Å². The maximum atomic E-state index is 6.21. The lowest BCUT2D eigenvalue weighted by Crippen LogP contribution is -1.97. The molecular formula is C14H12ClN3S. The summed E-state index contributed by atoms with van der Waals surface area (Å²) >= 11 is 7.79. The fourth-order valence-corrected chi connectivity index (χ4v) is 2.90. The highest BCUT2D eigenvalue weighted by atomic mass is 35.5. The summed E-state index contributed by atoms with van der Waals surface area (Å²) in [4.78, 5) is 4.28. The van der Waals surface area contributed by atoms with E-state index in [4.69, 9.17) is 17.3 Å². The second-order valence-corrected chi connectivity index (χ2v) is 5.63. The Morgan fingerprint density at radius 2 is 2.00 bits per heavy atom. The van der Waals surface area contributed by atoms with Crippen LogP contribution in [0.4, 0.5) is 17.1 Å². The molecule has 3 rings (SSSR count). The molecule has 1 aromatic heterocycles. The van der Waals surface area contributed by atoms with Gasteiger partial charge in [0.05, 0.1) is 32.3 Å². The normalized spacial score (nSPS) is 10.8. The van der Waals surface area contributed by atoms with Gasteiger partial charge in [0.25, 0.3) is 0 Å². The Balaban J connectivity index is 2.03. The highest BCUT2D eigenvalue weighted by Crippen LogP contribution is 2.34. The lowest BCUT2D eigenvalue weighted by atomic mass is 10.2. The van der Waals surface area contributed by atoms with Crippen LogP contribution in [0.3, 0.4) is 0 Å². The molecule has 0 saturated carbocycles. The minimum Gasteiger partial charge on any atom is -0.395 e. The number of rotatable bonds is 2. The van der Waals surface area contributed by atoms with Crippen molar-refractivity contribution in [3.05, 3.63) is 46.4 Å². The standard InChI is InChI=1S/C14H12ClN3S/c1-8-2-3-10(9(15)6-8)18-11-4-5-12-14(13(11)16)17-7-19-12/h2-7,18H,16H2,1H3. The number of aromatic nitrogens is 1. The van der Waals surface area contributed by atoms with Crippen LogP contribution < -0.4 is 11.1 Å². The van der Waals surface area contributed by atoms with Crippen molar-refractivity contribution in [1.29, 1.82) is 0 Å². The number of nitrogens with one attached hydrogen (secondary N) is 1. The summed E-state index contributed by atoms with van der Waals surface area (Å²) in [6, 6.07) is 9.83. The van der Waals surface area contributed by atoms with Gasteiger partial charge < -0.3 is 11.1 Å². The van der Waals surface area contributed by atoms with Gasteiger partial charge in [0.2, 0.25) is 0 Å². The van der Waals surface area contributed by atoms with Crippen LogP contribution >= 0.6 is 22.9 Å². The van der Waals surface area contributed by atoms with Crippen molar-refractivity contribution in [3.8, 4) is 0 Å². The van der Waals surface area contributed by atoms with E-state index in [0.717, 1.165) is 27.2 Å². The summed E-state index contributed by atoms with van der Waals surface area (Å²) in [6.07, 6.45) is 0. The Bertz CT molecular complexity index is 752. The van der Waals surface area contributed by atoms with Gasteiger partial charge in [-0.15, -0.1) is 11.3 Å². The second kappa shape index (κ2) is 4.72. The largest absolute Gasteiger partial charge is 0.395 e. The van der Waals surface area contributed by atoms with E-state index in [1.54, 1.807) is 16.8 Å². The van der Waals surface area contributed by atoms with E-state index < -0.39 is 0 Å². The maximum absolute atomic E-state index is 6.21. The molecule has 19 heavy (non-hydrogen) atoms. The van der Waals surface area contributed by atoms with E-state index in [1.165, 1.54) is 0 Å². The topological polar surface area (TPSA) is 50.9 Å². The monoisotopic (exact) mass is 289 g/mol. The highest BCUT2D eigenvalue weighted by molar-refractivity contribution is 7.16. The minimum atomic E-state index is 0.649. The van der Waals surface area contributed by atoms with Gasteiger partial charge >= 0.3 is 0 Å². The van der Waals surface area contributed by atoms with Crippen molar-refractivity contribution < 1.29 is 0 Å². The minimum absolute atomic E-state index is 0.649. The first-order chi connectivity index (χ1) is 9.15. The van der Waals surface area contributed by atoms with E-state index in [0.29, 0.717) is 10.7 Å². The molecule has 96 valence electrons. The van der Waals surface area contributed by atoms with Crippen molar-refractivity contribution in [2.24, 2.45) is 0 Å². The zero-order valence-electron chi connectivity index (χ0n) is 10.3. The first-order valence-electron chi connectivity index (χ1n) is 5.80. The number of hydrogen-bond donors (Lipinski definition) is 2. The fourth-order valence-electron chi connectivity index (χ4n) is 1.93. The van der Waals surface area contributed by atoms with Crippen molar-refractivity contribution >= 4 is 50.2 Å². The Kier molecular flexibility index (Phi) is 3.05. The third-order valence-corrected chi connectivity index (χ3v) is 4.04.